The van der Waals surface area contributed by atoms with Crippen LogP contribution in [0.2, 0.25) is 0 Å². The van der Waals surface area contributed by atoms with E-state index in [9.17, 15) is 13.5 Å². The Bertz CT molecular complexity index is 854. The lowest BCUT2D eigenvalue weighted by Crippen LogP contribution is -2.50. The molecule has 2 heterocycles. The van der Waals surface area contributed by atoms with Crippen LogP contribution in [0.4, 0.5) is 0 Å². The highest BCUT2D eigenvalue weighted by atomic mass is 32.2. The van der Waals surface area contributed by atoms with Gasteiger partial charge in [-0.1, -0.05) is 37.3 Å². The Labute approximate surface area is 166 Å². The number of aromatic nitrogens is 3. The molecule has 28 heavy (non-hydrogen) atoms. The highest BCUT2D eigenvalue weighted by Crippen LogP contribution is 2.24. The molecular formula is C19H28N4O4S. The van der Waals surface area contributed by atoms with Gasteiger partial charge in [-0.25, -0.2) is 13.1 Å². The zero-order valence-electron chi connectivity index (χ0n) is 16.2. The molecule has 0 spiro atoms. The second-order valence-electron chi connectivity index (χ2n) is 7.45. The maximum atomic E-state index is 12.5. The molecule has 2 aromatic rings. The van der Waals surface area contributed by atoms with Crippen molar-refractivity contribution in [2.24, 2.45) is 0 Å². The number of nitrogens with one attached hydrogen (secondary N) is 1. The van der Waals surface area contributed by atoms with E-state index in [0.717, 1.165) is 12.1 Å². The molecule has 0 unspecified atom stereocenters. The number of aliphatic hydroxyl groups excluding tert-OH is 1. The van der Waals surface area contributed by atoms with Crippen molar-refractivity contribution in [3.8, 4) is 0 Å². The van der Waals surface area contributed by atoms with E-state index < -0.39 is 22.2 Å². The first-order valence-corrected chi connectivity index (χ1v) is 11.1. The van der Waals surface area contributed by atoms with Gasteiger partial charge in [0.2, 0.25) is 10.0 Å². The van der Waals surface area contributed by atoms with Crippen molar-refractivity contribution < 1.29 is 18.3 Å². The maximum absolute atomic E-state index is 12.5. The van der Waals surface area contributed by atoms with Gasteiger partial charge in [0.1, 0.15) is 0 Å². The maximum Gasteiger partial charge on any atom is 0.240 e. The molecule has 1 aliphatic heterocycles. The fourth-order valence-electron chi connectivity index (χ4n) is 3.31. The Morgan fingerprint density at radius 3 is 2.68 bits per heavy atom. The monoisotopic (exact) mass is 408 g/mol. The number of benzene rings is 1. The fourth-order valence-corrected chi connectivity index (χ4v) is 4.63. The van der Waals surface area contributed by atoms with Crippen LogP contribution in [0.3, 0.4) is 0 Å². The van der Waals surface area contributed by atoms with Crippen LogP contribution in [-0.2, 0) is 21.3 Å². The number of aryl methyl sites for hydroxylation is 1. The molecule has 3 rings (SSSR count). The van der Waals surface area contributed by atoms with Crippen molar-refractivity contribution in [3.63, 3.8) is 0 Å². The summed E-state index contributed by atoms with van der Waals surface area (Å²) in [6, 6.07) is 7.77. The molecule has 8 nitrogen and oxygen atoms in total. The van der Waals surface area contributed by atoms with Gasteiger partial charge in [-0.2, -0.15) is 0 Å². The van der Waals surface area contributed by atoms with Crippen molar-refractivity contribution in [3.05, 3.63) is 42.2 Å². The summed E-state index contributed by atoms with van der Waals surface area (Å²) in [6.07, 6.45) is 3.37. The summed E-state index contributed by atoms with van der Waals surface area (Å²) in [7, 11) is -3.64. The predicted octanol–water partition coefficient (Wildman–Crippen LogP) is 1.68. The number of sulfonamides is 1. The number of hydrogen-bond acceptors (Lipinski definition) is 6. The minimum absolute atomic E-state index is 0.0543. The first-order chi connectivity index (χ1) is 13.4. The minimum Gasteiger partial charge on any atom is -0.394 e. The summed E-state index contributed by atoms with van der Waals surface area (Å²) in [6.45, 7) is 4.57. The van der Waals surface area contributed by atoms with E-state index in [1.54, 1.807) is 35.0 Å². The molecular weight excluding hydrogens is 380 g/mol. The zero-order valence-corrected chi connectivity index (χ0v) is 17.0. The first kappa shape index (κ1) is 20.9. The second-order valence-corrected chi connectivity index (χ2v) is 9.16. The van der Waals surface area contributed by atoms with Gasteiger partial charge in [0, 0.05) is 12.7 Å². The largest absolute Gasteiger partial charge is 0.394 e. The fraction of sp³-hybridized carbons (Fsp3) is 0.579. The van der Waals surface area contributed by atoms with Crippen molar-refractivity contribution in [2.75, 3.05) is 6.61 Å². The minimum atomic E-state index is -3.64. The Hall–Kier alpha value is -1.81. The molecule has 2 N–H and O–H groups in total. The Kier molecular flexibility index (Phi) is 6.82. The van der Waals surface area contributed by atoms with Gasteiger partial charge in [-0.3, -0.25) is 4.68 Å². The third-order valence-corrected chi connectivity index (χ3v) is 6.49. The number of hydrogen-bond donors (Lipinski definition) is 2. The average molecular weight is 409 g/mol. The number of aliphatic hydroxyl groups is 1. The molecule has 0 aliphatic carbocycles. The van der Waals surface area contributed by atoms with Crippen LogP contribution in [0.15, 0.2) is 41.4 Å². The van der Waals surface area contributed by atoms with E-state index >= 15 is 0 Å². The van der Waals surface area contributed by atoms with Crippen LogP contribution < -0.4 is 4.72 Å². The Balaban J connectivity index is 1.56. The Morgan fingerprint density at radius 2 is 2.04 bits per heavy atom. The van der Waals surface area contributed by atoms with Crippen molar-refractivity contribution in [1.82, 2.24) is 19.7 Å². The molecule has 0 amide bonds. The van der Waals surface area contributed by atoms with Gasteiger partial charge >= 0.3 is 0 Å². The molecule has 1 saturated heterocycles. The van der Waals surface area contributed by atoms with Crippen molar-refractivity contribution >= 4 is 10.0 Å². The van der Waals surface area contributed by atoms with Gasteiger partial charge in [-0.15, -0.1) is 5.10 Å². The smallest absolute Gasteiger partial charge is 0.240 e. The molecule has 0 saturated carbocycles. The van der Waals surface area contributed by atoms with Gasteiger partial charge in [0.05, 0.1) is 35.4 Å². The summed E-state index contributed by atoms with van der Waals surface area (Å²) < 4.78 is 35.5. The van der Waals surface area contributed by atoms with E-state index in [1.165, 1.54) is 0 Å². The molecule has 1 aromatic heterocycles. The zero-order chi connectivity index (χ0) is 20.1. The number of rotatable bonds is 8. The molecule has 1 aliphatic rings. The van der Waals surface area contributed by atoms with E-state index in [4.69, 9.17) is 4.74 Å². The summed E-state index contributed by atoms with van der Waals surface area (Å²) >= 11 is 0. The first-order valence-electron chi connectivity index (χ1n) is 9.62. The molecule has 0 radical (unpaired) electrons. The molecule has 3 atom stereocenters. The highest BCUT2D eigenvalue weighted by Gasteiger charge is 2.33. The molecule has 1 aromatic carbocycles. The standard InChI is InChI=1S/C19H28N4O4S/c1-14(2)18-12-23(22-20-18)11-10-15-8-9-17(19(13-24)27-15)21-28(25,26)16-6-4-3-5-7-16/h3-7,12,14-15,17,19,21,24H,8-11,13H2,1-2H3/t15-,17+,19-/m1/s1. The van der Waals surface area contributed by atoms with Crippen molar-refractivity contribution in [2.45, 2.75) is 68.7 Å². The van der Waals surface area contributed by atoms with E-state index in [1.807, 2.05) is 6.20 Å². The van der Waals surface area contributed by atoms with Gasteiger partial charge in [0.15, 0.2) is 0 Å². The van der Waals surface area contributed by atoms with Gasteiger partial charge in [0.25, 0.3) is 0 Å². The molecule has 0 bridgehead atoms. The van der Waals surface area contributed by atoms with E-state index in [2.05, 4.69) is 28.9 Å². The third-order valence-electron chi connectivity index (χ3n) is 4.98. The third kappa shape index (κ3) is 5.16. The number of nitrogens with zero attached hydrogens (tertiary/aromatic N) is 3. The quantitative estimate of drug-likeness (QED) is 0.688. The van der Waals surface area contributed by atoms with Crippen molar-refractivity contribution in [1.29, 1.82) is 0 Å². The lowest BCUT2D eigenvalue weighted by Gasteiger charge is -2.36. The summed E-state index contributed by atoms with van der Waals surface area (Å²) in [5, 5.41) is 18.0. The van der Waals surface area contributed by atoms with Crippen LogP contribution in [0.25, 0.3) is 0 Å². The predicted molar refractivity (Wildman–Crippen MR) is 104 cm³/mol. The molecule has 154 valence electrons. The van der Waals surface area contributed by atoms with Crippen LogP contribution in [0.5, 0.6) is 0 Å². The Morgan fingerprint density at radius 1 is 1.29 bits per heavy atom. The van der Waals surface area contributed by atoms with E-state index in [-0.39, 0.29) is 17.6 Å². The lowest BCUT2D eigenvalue weighted by molar-refractivity contribution is -0.0891. The second kappa shape index (κ2) is 9.13. The summed E-state index contributed by atoms with van der Waals surface area (Å²) in [5.74, 6) is 0.330. The molecule has 9 heteroatoms. The van der Waals surface area contributed by atoms with Crippen LogP contribution in [0, 0.1) is 0 Å². The van der Waals surface area contributed by atoms with Gasteiger partial charge in [-0.05, 0) is 37.3 Å². The average Bonchev–Trinajstić information content (AvgIpc) is 3.17. The topological polar surface area (TPSA) is 106 Å². The van der Waals surface area contributed by atoms with Gasteiger partial charge < -0.3 is 9.84 Å². The molecule has 1 fully saturated rings. The van der Waals surface area contributed by atoms with Crippen LogP contribution in [-0.4, -0.2) is 53.4 Å². The lowest BCUT2D eigenvalue weighted by atomic mass is 9.98. The van der Waals surface area contributed by atoms with Crippen LogP contribution in [0.1, 0.15) is 44.7 Å². The summed E-state index contributed by atoms with van der Waals surface area (Å²) in [5.41, 5.74) is 0.952. The SMILES string of the molecule is CC(C)c1cn(CC[C@H]2CC[C@H](NS(=O)(=O)c3ccccc3)[C@@H](CO)O2)nn1. The number of ether oxygens (including phenoxy) is 1. The normalized spacial score (nSPS) is 23.2. The van der Waals surface area contributed by atoms with Crippen LogP contribution >= 0.6 is 0 Å². The van der Waals surface area contributed by atoms with E-state index in [0.29, 0.717) is 25.3 Å². The highest BCUT2D eigenvalue weighted by molar-refractivity contribution is 7.89. The summed E-state index contributed by atoms with van der Waals surface area (Å²) in [4.78, 5) is 0.209.